The van der Waals surface area contributed by atoms with Crippen LogP contribution in [0.2, 0.25) is 0 Å². The fourth-order valence-corrected chi connectivity index (χ4v) is 3.56. The van der Waals surface area contributed by atoms with Crippen LogP contribution in [-0.2, 0) is 16.2 Å². The van der Waals surface area contributed by atoms with Crippen LogP contribution in [0.15, 0.2) is 30.3 Å². The van der Waals surface area contributed by atoms with Gasteiger partial charge < -0.3 is 5.73 Å². The maximum absolute atomic E-state index is 12.1. The molecule has 2 fully saturated rings. The second kappa shape index (κ2) is 5.31. The number of hydroxylamine groups is 1. The van der Waals surface area contributed by atoms with E-state index in [2.05, 4.69) is 5.48 Å². The van der Waals surface area contributed by atoms with Crippen LogP contribution in [0.3, 0.4) is 0 Å². The molecule has 0 radical (unpaired) electrons. The average molecular weight is 260 g/mol. The van der Waals surface area contributed by atoms with Gasteiger partial charge in [0.25, 0.3) is 0 Å². The number of rotatable bonds is 4. The van der Waals surface area contributed by atoms with Gasteiger partial charge in [-0.15, -0.1) is 0 Å². The molecule has 0 heterocycles. The number of amides is 1. The van der Waals surface area contributed by atoms with E-state index in [1.807, 2.05) is 30.3 Å². The van der Waals surface area contributed by atoms with E-state index in [4.69, 9.17) is 10.6 Å². The van der Waals surface area contributed by atoms with Crippen molar-refractivity contribution in [3.8, 4) is 0 Å². The van der Waals surface area contributed by atoms with Gasteiger partial charge in [0.1, 0.15) is 0 Å². The smallest absolute Gasteiger partial charge is 0.248 e. The molecule has 3 N–H and O–H groups in total. The number of hydrogen-bond donors (Lipinski definition) is 2. The van der Waals surface area contributed by atoms with Crippen molar-refractivity contribution in [1.29, 1.82) is 0 Å². The van der Waals surface area contributed by atoms with Crippen molar-refractivity contribution in [1.82, 2.24) is 5.48 Å². The average Bonchev–Trinajstić information content (AvgIpc) is 3.00. The number of benzene rings is 1. The summed E-state index contributed by atoms with van der Waals surface area (Å²) in [5.41, 5.74) is 9.74. The highest BCUT2D eigenvalue weighted by atomic mass is 16.6. The number of carbonyl (C=O) groups excluding carboxylic acids is 1. The van der Waals surface area contributed by atoms with Gasteiger partial charge in [-0.3, -0.25) is 9.63 Å². The zero-order valence-electron chi connectivity index (χ0n) is 10.9. The zero-order chi connectivity index (χ0) is 13.2. The van der Waals surface area contributed by atoms with E-state index in [-0.39, 0.29) is 17.9 Å². The number of nitrogens with one attached hydrogen (secondary N) is 1. The normalized spacial score (nSPS) is 32.5. The molecular formula is C15H20N2O2. The molecule has 2 bridgehead atoms. The monoisotopic (exact) mass is 260 g/mol. The molecule has 4 nitrogen and oxygen atoms in total. The molecule has 1 aromatic rings. The molecule has 4 unspecified atom stereocenters. The van der Waals surface area contributed by atoms with Gasteiger partial charge in [0, 0.05) is 6.04 Å². The SMILES string of the molecule is NC1C2CCC(C2)C1C(=O)NOCc1ccccc1. The fraction of sp³-hybridized carbons (Fsp3) is 0.533. The van der Waals surface area contributed by atoms with E-state index in [0.29, 0.717) is 18.4 Å². The van der Waals surface area contributed by atoms with Crippen molar-refractivity contribution in [3.63, 3.8) is 0 Å². The van der Waals surface area contributed by atoms with Gasteiger partial charge in [0.05, 0.1) is 12.5 Å². The molecular weight excluding hydrogens is 240 g/mol. The van der Waals surface area contributed by atoms with Gasteiger partial charge >= 0.3 is 0 Å². The first-order valence-electron chi connectivity index (χ1n) is 6.97. The summed E-state index contributed by atoms with van der Waals surface area (Å²) in [5.74, 6) is 0.889. The predicted molar refractivity (Wildman–Crippen MR) is 71.7 cm³/mol. The van der Waals surface area contributed by atoms with Crippen molar-refractivity contribution in [2.24, 2.45) is 23.5 Å². The Kier molecular flexibility index (Phi) is 3.53. The molecule has 0 spiro atoms. The molecule has 4 heteroatoms. The van der Waals surface area contributed by atoms with E-state index in [1.165, 1.54) is 6.42 Å². The summed E-state index contributed by atoms with van der Waals surface area (Å²) >= 11 is 0. The Morgan fingerprint density at radius 1 is 1.26 bits per heavy atom. The molecule has 2 aliphatic rings. The van der Waals surface area contributed by atoms with Crippen LogP contribution in [0.4, 0.5) is 0 Å². The summed E-state index contributed by atoms with van der Waals surface area (Å²) in [5, 5.41) is 0. The highest BCUT2D eigenvalue weighted by Crippen LogP contribution is 2.47. The number of fused-ring (bicyclic) bond motifs is 2. The lowest BCUT2D eigenvalue weighted by molar-refractivity contribution is -0.141. The van der Waals surface area contributed by atoms with Crippen LogP contribution < -0.4 is 11.2 Å². The van der Waals surface area contributed by atoms with Crippen LogP contribution >= 0.6 is 0 Å². The molecule has 0 saturated heterocycles. The molecule has 1 aromatic carbocycles. The third kappa shape index (κ3) is 2.51. The van der Waals surface area contributed by atoms with Crippen molar-refractivity contribution >= 4 is 5.91 Å². The Hall–Kier alpha value is -1.39. The minimum Gasteiger partial charge on any atom is -0.327 e. The van der Waals surface area contributed by atoms with Crippen LogP contribution in [0.25, 0.3) is 0 Å². The summed E-state index contributed by atoms with van der Waals surface area (Å²) in [4.78, 5) is 17.4. The van der Waals surface area contributed by atoms with Crippen LogP contribution in [0.1, 0.15) is 24.8 Å². The van der Waals surface area contributed by atoms with Gasteiger partial charge in [-0.05, 0) is 36.7 Å². The van der Waals surface area contributed by atoms with Gasteiger partial charge in [-0.1, -0.05) is 30.3 Å². The second-order valence-electron chi connectivity index (χ2n) is 5.68. The highest BCUT2D eigenvalue weighted by Gasteiger charge is 2.49. The number of hydrogen-bond acceptors (Lipinski definition) is 3. The summed E-state index contributed by atoms with van der Waals surface area (Å²) in [6.07, 6.45) is 3.42. The molecule has 0 aliphatic heterocycles. The Labute approximate surface area is 113 Å². The first-order chi connectivity index (χ1) is 9.25. The van der Waals surface area contributed by atoms with Gasteiger partial charge in [0.15, 0.2) is 0 Å². The molecule has 3 rings (SSSR count). The molecule has 2 aliphatic carbocycles. The van der Waals surface area contributed by atoms with Crippen LogP contribution in [-0.4, -0.2) is 11.9 Å². The van der Waals surface area contributed by atoms with E-state index in [1.54, 1.807) is 0 Å². The fourth-order valence-electron chi connectivity index (χ4n) is 3.56. The standard InChI is InChI=1S/C15H20N2O2/c16-14-12-7-6-11(8-12)13(14)15(18)17-19-9-10-4-2-1-3-5-10/h1-5,11-14H,6-9,16H2,(H,17,18). The van der Waals surface area contributed by atoms with Crippen molar-refractivity contribution < 1.29 is 9.63 Å². The van der Waals surface area contributed by atoms with E-state index >= 15 is 0 Å². The Morgan fingerprint density at radius 2 is 2.00 bits per heavy atom. The maximum atomic E-state index is 12.1. The maximum Gasteiger partial charge on any atom is 0.248 e. The second-order valence-corrected chi connectivity index (χ2v) is 5.68. The first-order valence-corrected chi connectivity index (χ1v) is 6.97. The van der Waals surface area contributed by atoms with Gasteiger partial charge in [-0.2, -0.15) is 0 Å². The lowest BCUT2D eigenvalue weighted by Crippen LogP contribution is -2.45. The van der Waals surface area contributed by atoms with Crippen LogP contribution in [0, 0.1) is 17.8 Å². The number of carbonyl (C=O) groups is 1. The Morgan fingerprint density at radius 3 is 2.68 bits per heavy atom. The van der Waals surface area contributed by atoms with E-state index < -0.39 is 0 Å². The number of nitrogens with two attached hydrogens (primary N) is 1. The topological polar surface area (TPSA) is 64.4 Å². The lowest BCUT2D eigenvalue weighted by Gasteiger charge is -2.26. The molecule has 0 aromatic heterocycles. The van der Waals surface area contributed by atoms with Crippen molar-refractivity contribution in [3.05, 3.63) is 35.9 Å². The minimum atomic E-state index is -0.0606. The molecule has 19 heavy (non-hydrogen) atoms. The van der Waals surface area contributed by atoms with Gasteiger partial charge in [0.2, 0.25) is 5.91 Å². The van der Waals surface area contributed by atoms with Crippen molar-refractivity contribution in [2.45, 2.75) is 31.9 Å². The quantitative estimate of drug-likeness (QED) is 0.808. The highest BCUT2D eigenvalue weighted by molar-refractivity contribution is 5.79. The van der Waals surface area contributed by atoms with Crippen LogP contribution in [0.5, 0.6) is 0 Å². The Balaban J connectivity index is 1.49. The van der Waals surface area contributed by atoms with E-state index in [0.717, 1.165) is 18.4 Å². The van der Waals surface area contributed by atoms with Crippen molar-refractivity contribution in [2.75, 3.05) is 0 Å². The Bertz CT molecular complexity index is 447. The third-order valence-corrected chi connectivity index (χ3v) is 4.54. The first kappa shape index (κ1) is 12.6. The molecule has 1 amide bonds. The molecule has 102 valence electrons. The molecule has 4 atom stereocenters. The third-order valence-electron chi connectivity index (χ3n) is 4.54. The predicted octanol–water partition coefficient (Wildman–Crippen LogP) is 1.61. The lowest BCUT2D eigenvalue weighted by atomic mass is 9.84. The summed E-state index contributed by atoms with van der Waals surface area (Å²) in [6, 6.07) is 9.80. The van der Waals surface area contributed by atoms with Gasteiger partial charge in [-0.25, -0.2) is 5.48 Å². The van der Waals surface area contributed by atoms with E-state index in [9.17, 15) is 4.79 Å². The molecule has 2 saturated carbocycles. The summed E-state index contributed by atoms with van der Waals surface area (Å²) in [6.45, 7) is 0.392. The summed E-state index contributed by atoms with van der Waals surface area (Å²) < 4.78 is 0. The zero-order valence-corrected chi connectivity index (χ0v) is 10.9. The minimum absolute atomic E-state index is 0.0130. The largest absolute Gasteiger partial charge is 0.327 e. The summed E-state index contributed by atoms with van der Waals surface area (Å²) in [7, 11) is 0.